The molecule has 12 heteroatoms. The Morgan fingerprint density at radius 3 is 2.53 bits per heavy atom. The summed E-state index contributed by atoms with van der Waals surface area (Å²) >= 11 is 0. The Balaban J connectivity index is 1.82. The summed E-state index contributed by atoms with van der Waals surface area (Å²) in [6.45, 7) is 9.50. The first-order chi connectivity index (χ1) is 16.9. The summed E-state index contributed by atoms with van der Waals surface area (Å²) in [4.78, 5) is 33.6. The summed E-state index contributed by atoms with van der Waals surface area (Å²) in [5.74, 6) is -1.04. The molecular weight excluding hydrogens is 477 g/mol. The number of carbonyl (C=O) groups excluding carboxylic acids is 2. The van der Waals surface area contributed by atoms with Gasteiger partial charge in [0.2, 0.25) is 11.9 Å². The molecule has 1 aliphatic rings. The van der Waals surface area contributed by atoms with Crippen molar-refractivity contribution in [3.8, 4) is 0 Å². The number of hydrogen-bond acceptors (Lipinski definition) is 7. The molecule has 1 aromatic heterocycles. The predicted octanol–water partition coefficient (Wildman–Crippen LogP) is 5.17. The summed E-state index contributed by atoms with van der Waals surface area (Å²) in [5, 5.41) is 8.23. The number of likely N-dealkylation sites (tertiary alicyclic amines) is 1. The van der Waals surface area contributed by atoms with Gasteiger partial charge in [-0.05, 0) is 51.8 Å². The third kappa shape index (κ3) is 7.33. The van der Waals surface area contributed by atoms with E-state index in [1.807, 2.05) is 0 Å². The molecule has 0 aliphatic carbocycles. The summed E-state index contributed by atoms with van der Waals surface area (Å²) < 4.78 is 46.5. The Morgan fingerprint density at radius 2 is 1.89 bits per heavy atom. The Kier molecular flexibility index (Phi) is 8.06. The van der Waals surface area contributed by atoms with Crippen molar-refractivity contribution < 1.29 is 27.5 Å². The van der Waals surface area contributed by atoms with E-state index in [0.29, 0.717) is 32.1 Å². The summed E-state index contributed by atoms with van der Waals surface area (Å²) in [5.41, 5.74) is -1.26. The minimum atomic E-state index is -4.72. The van der Waals surface area contributed by atoms with Gasteiger partial charge in [-0.2, -0.15) is 18.2 Å². The van der Waals surface area contributed by atoms with Gasteiger partial charge in [-0.1, -0.05) is 18.7 Å². The third-order valence-corrected chi connectivity index (χ3v) is 5.12. The number of amides is 2. The number of hydrogen-bond donors (Lipinski definition) is 3. The van der Waals surface area contributed by atoms with Gasteiger partial charge in [-0.15, -0.1) is 0 Å². The Morgan fingerprint density at radius 1 is 1.19 bits per heavy atom. The maximum Gasteiger partial charge on any atom is 0.421 e. The second-order valence-electron chi connectivity index (χ2n) is 9.23. The number of anilines is 4. The van der Waals surface area contributed by atoms with Crippen LogP contribution >= 0.6 is 0 Å². The molecule has 2 heterocycles. The molecule has 3 N–H and O–H groups in total. The van der Waals surface area contributed by atoms with Crippen LogP contribution in [0.4, 0.5) is 41.1 Å². The van der Waals surface area contributed by atoms with E-state index in [-0.39, 0.29) is 23.4 Å². The number of benzene rings is 1. The highest BCUT2D eigenvalue weighted by molar-refractivity contribution is 6.01. The van der Waals surface area contributed by atoms with Crippen molar-refractivity contribution in [1.29, 1.82) is 0 Å². The predicted molar refractivity (Wildman–Crippen MR) is 130 cm³/mol. The van der Waals surface area contributed by atoms with E-state index in [1.54, 1.807) is 37.8 Å². The first-order valence-electron chi connectivity index (χ1n) is 11.3. The van der Waals surface area contributed by atoms with E-state index in [4.69, 9.17) is 4.74 Å². The van der Waals surface area contributed by atoms with Crippen molar-refractivity contribution in [1.82, 2.24) is 14.9 Å². The molecule has 1 aromatic carbocycles. The van der Waals surface area contributed by atoms with Gasteiger partial charge in [0.15, 0.2) is 0 Å². The lowest BCUT2D eigenvalue weighted by molar-refractivity contribution is -0.137. The van der Waals surface area contributed by atoms with Gasteiger partial charge in [0, 0.05) is 25.3 Å². The van der Waals surface area contributed by atoms with Crippen molar-refractivity contribution in [3.05, 3.63) is 48.7 Å². The number of halogens is 3. The molecule has 1 aliphatic heterocycles. The highest BCUT2D eigenvalue weighted by Crippen LogP contribution is 2.36. The van der Waals surface area contributed by atoms with E-state index in [9.17, 15) is 22.8 Å². The molecule has 0 unspecified atom stereocenters. The van der Waals surface area contributed by atoms with E-state index in [2.05, 4.69) is 32.5 Å². The van der Waals surface area contributed by atoms with Crippen molar-refractivity contribution in [3.63, 3.8) is 0 Å². The SMILES string of the molecule is C=CC(=O)Nc1ccccc1Nc1nc(N[C@H]2CCCN(C(=O)OC(C)(C)C)C2)ncc1C(F)(F)F. The van der Waals surface area contributed by atoms with Crippen LogP contribution < -0.4 is 16.0 Å². The van der Waals surface area contributed by atoms with Crippen LogP contribution in [0.2, 0.25) is 0 Å². The zero-order valence-electron chi connectivity index (χ0n) is 20.3. The highest BCUT2D eigenvalue weighted by Gasteiger charge is 2.36. The number of nitrogens with one attached hydrogen (secondary N) is 3. The lowest BCUT2D eigenvalue weighted by atomic mass is 10.1. The fourth-order valence-electron chi connectivity index (χ4n) is 3.54. The lowest BCUT2D eigenvalue weighted by Gasteiger charge is -2.34. The van der Waals surface area contributed by atoms with E-state index in [0.717, 1.165) is 6.08 Å². The molecule has 2 amide bonds. The molecule has 36 heavy (non-hydrogen) atoms. The third-order valence-electron chi connectivity index (χ3n) is 5.12. The average molecular weight is 507 g/mol. The summed E-state index contributed by atoms with van der Waals surface area (Å²) in [6, 6.07) is 5.99. The fourth-order valence-corrected chi connectivity index (χ4v) is 3.54. The minimum absolute atomic E-state index is 0.0332. The van der Waals surface area contributed by atoms with Crippen LogP contribution in [-0.4, -0.2) is 51.6 Å². The first-order valence-corrected chi connectivity index (χ1v) is 11.3. The van der Waals surface area contributed by atoms with Crippen molar-refractivity contribution in [2.24, 2.45) is 0 Å². The van der Waals surface area contributed by atoms with Crippen LogP contribution in [0.3, 0.4) is 0 Å². The van der Waals surface area contributed by atoms with Gasteiger partial charge in [0.1, 0.15) is 17.0 Å². The number of aromatic nitrogens is 2. The van der Waals surface area contributed by atoms with Crippen LogP contribution in [0.5, 0.6) is 0 Å². The average Bonchev–Trinajstić information content (AvgIpc) is 2.78. The van der Waals surface area contributed by atoms with Crippen LogP contribution in [0.25, 0.3) is 0 Å². The van der Waals surface area contributed by atoms with Gasteiger partial charge in [-0.3, -0.25) is 4.79 Å². The Hall–Kier alpha value is -3.83. The normalized spacial score (nSPS) is 16.2. The van der Waals surface area contributed by atoms with Crippen LogP contribution in [0, 0.1) is 0 Å². The number of para-hydroxylation sites is 2. The topological polar surface area (TPSA) is 108 Å². The second-order valence-corrected chi connectivity index (χ2v) is 9.23. The highest BCUT2D eigenvalue weighted by atomic mass is 19.4. The molecule has 0 spiro atoms. The number of rotatable bonds is 6. The van der Waals surface area contributed by atoms with Gasteiger partial charge < -0.3 is 25.6 Å². The van der Waals surface area contributed by atoms with Gasteiger partial charge in [-0.25, -0.2) is 9.78 Å². The first kappa shape index (κ1) is 26.8. The maximum absolute atomic E-state index is 13.7. The fraction of sp³-hybridized carbons (Fsp3) is 0.417. The standard InChI is InChI=1S/C24H29F3N6O3/c1-5-19(34)30-17-10-6-7-11-18(17)31-20-16(24(25,26)27)13-28-21(32-20)29-15-9-8-12-33(14-15)22(35)36-23(2,3)4/h5-7,10-11,13,15H,1,8-9,12,14H2,2-4H3,(H,30,34)(H2,28,29,31,32)/t15-/m0/s1. The van der Waals surface area contributed by atoms with E-state index in [1.165, 1.54) is 12.1 Å². The van der Waals surface area contributed by atoms with Crippen LogP contribution in [0.1, 0.15) is 39.2 Å². The van der Waals surface area contributed by atoms with Crippen molar-refractivity contribution in [2.45, 2.75) is 51.4 Å². The second kappa shape index (κ2) is 10.8. The Labute approximate surface area is 207 Å². The molecule has 1 atom stereocenters. The monoisotopic (exact) mass is 506 g/mol. The number of nitrogens with zero attached hydrogens (tertiary/aromatic N) is 3. The van der Waals surface area contributed by atoms with Crippen LogP contribution in [0.15, 0.2) is 43.1 Å². The van der Waals surface area contributed by atoms with Gasteiger partial charge in [0.05, 0.1) is 11.4 Å². The molecule has 1 saturated heterocycles. The summed E-state index contributed by atoms with van der Waals surface area (Å²) in [6.07, 6.45) is -2.09. The number of ether oxygens (including phenoxy) is 1. The summed E-state index contributed by atoms with van der Waals surface area (Å²) in [7, 11) is 0. The van der Waals surface area contributed by atoms with E-state index >= 15 is 0 Å². The number of carbonyl (C=O) groups is 2. The minimum Gasteiger partial charge on any atom is -0.444 e. The molecule has 0 bridgehead atoms. The van der Waals surface area contributed by atoms with E-state index < -0.39 is 35.2 Å². The zero-order valence-corrected chi connectivity index (χ0v) is 20.3. The number of piperidine rings is 1. The van der Waals surface area contributed by atoms with Gasteiger partial charge in [0.25, 0.3) is 0 Å². The zero-order chi connectivity index (χ0) is 26.5. The van der Waals surface area contributed by atoms with Crippen molar-refractivity contribution in [2.75, 3.05) is 29.0 Å². The maximum atomic E-state index is 13.7. The molecular formula is C24H29F3N6O3. The quantitative estimate of drug-likeness (QED) is 0.464. The van der Waals surface area contributed by atoms with Gasteiger partial charge >= 0.3 is 12.3 Å². The number of alkyl halides is 3. The Bertz CT molecular complexity index is 1120. The smallest absolute Gasteiger partial charge is 0.421 e. The molecule has 0 saturated carbocycles. The molecule has 3 rings (SSSR count). The van der Waals surface area contributed by atoms with Crippen molar-refractivity contribution >= 4 is 35.1 Å². The molecule has 0 radical (unpaired) electrons. The molecule has 194 valence electrons. The molecule has 2 aromatic rings. The largest absolute Gasteiger partial charge is 0.444 e. The molecule has 9 nitrogen and oxygen atoms in total. The van der Waals surface area contributed by atoms with Crippen LogP contribution in [-0.2, 0) is 15.7 Å². The lowest BCUT2D eigenvalue weighted by Crippen LogP contribution is -2.47. The molecule has 1 fully saturated rings.